The van der Waals surface area contributed by atoms with E-state index in [2.05, 4.69) is 5.32 Å². The molecule has 0 aliphatic carbocycles. The SMILES string of the molecule is CCOc1ccc(CN(C)[C@H](C)C(=O)Nc2cccc(F)c2)cc1OC. The second-order valence-electron chi connectivity index (χ2n) is 6.01. The summed E-state index contributed by atoms with van der Waals surface area (Å²) < 4.78 is 24.1. The molecule has 2 rings (SSSR count). The minimum atomic E-state index is -0.393. The number of carbonyl (C=O) groups is 1. The van der Waals surface area contributed by atoms with Gasteiger partial charge in [-0.15, -0.1) is 0 Å². The van der Waals surface area contributed by atoms with Crippen molar-refractivity contribution in [3.8, 4) is 11.5 Å². The Morgan fingerprint density at radius 3 is 2.65 bits per heavy atom. The molecule has 1 N–H and O–H groups in total. The fraction of sp³-hybridized carbons (Fsp3) is 0.350. The van der Waals surface area contributed by atoms with Gasteiger partial charge in [0.05, 0.1) is 19.8 Å². The lowest BCUT2D eigenvalue weighted by atomic mass is 10.1. The highest BCUT2D eigenvalue weighted by atomic mass is 19.1. The van der Waals surface area contributed by atoms with Gasteiger partial charge in [-0.25, -0.2) is 4.39 Å². The lowest BCUT2D eigenvalue weighted by Gasteiger charge is -2.24. The molecule has 5 nitrogen and oxygen atoms in total. The van der Waals surface area contributed by atoms with E-state index in [1.165, 1.54) is 12.1 Å². The van der Waals surface area contributed by atoms with Crippen molar-refractivity contribution in [3.05, 3.63) is 53.8 Å². The van der Waals surface area contributed by atoms with E-state index in [4.69, 9.17) is 9.47 Å². The molecule has 140 valence electrons. The smallest absolute Gasteiger partial charge is 0.241 e. The summed E-state index contributed by atoms with van der Waals surface area (Å²) in [6.07, 6.45) is 0. The van der Waals surface area contributed by atoms with Crippen LogP contribution in [0.25, 0.3) is 0 Å². The van der Waals surface area contributed by atoms with Crippen LogP contribution in [-0.2, 0) is 11.3 Å². The van der Waals surface area contributed by atoms with Gasteiger partial charge in [0, 0.05) is 12.2 Å². The predicted octanol–water partition coefficient (Wildman–Crippen LogP) is 3.69. The Balaban J connectivity index is 2.01. The van der Waals surface area contributed by atoms with E-state index in [-0.39, 0.29) is 11.7 Å². The van der Waals surface area contributed by atoms with E-state index < -0.39 is 6.04 Å². The first-order valence-corrected chi connectivity index (χ1v) is 8.51. The number of halogens is 1. The summed E-state index contributed by atoms with van der Waals surface area (Å²) >= 11 is 0. The molecule has 0 bridgehead atoms. The lowest BCUT2D eigenvalue weighted by molar-refractivity contribution is -0.120. The molecule has 2 aromatic rings. The quantitative estimate of drug-likeness (QED) is 0.780. The molecule has 0 unspecified atom stereocenters. The average molecular weight is 360 g/mol. The Labute approximate surface area is 153 Å². The number of anilines is 1. The Bertz CT molecular complexity index is 752. The second-order valence-corrected chi connectivity index (χ2v) is 6.01. The lowest BCUT2D eigenvalue weighted by Crippen LogP contribution is -2.39. The molecule has 1 atom stereocenters. The topological polar surface area (TPSA) is 50.8 Å². The molecule has 0 heterocycles. The van der Waals surface area contributed by atoms with Gasteiger partial charge in [0.2, 0.25) is 5.91 Å². The highest BCUT2D eigenvalue weighted by molar-refractivity contribution is 5.94. The summed E-state index contributed by atoms with van der Waals surface area (Å²) in [5, 5.41) is 2.73. The number of nitrogens with zero attached hydrogens (tertiary/aromatic N) is 1. The van der Waals surface area contributed by atoms with Crippen LogP contribution in [0, 0.1) is 5.82 Å². The molecule has 0 radical (unpaired) electrons. The largest absolute Gasteiger partial charge is 0.493 e. The van der Waals surface area contributed by atoms with Crippen LogP contribution in [0.5, 0.6) is 11.5 Å². The van der Waals surface area contributed by atoms with Crippen LogP contribution in [0.3, 0.4) is 0 Å². The molecule has 0 aliphatic heterocycles. The van der Waals surface area contributed by atoms with Gasteiger partial charge in [0.1, 0.15) is 5.82 Å². The Kier molecular flexibility index (Phi) is 6.97. The number of likely N-dealkylation sites (N-methyl/N-ethyl adjacent to an activating group) is 1. The molecule has 0 saturated heterocycles. The Morgan fingerprint density at radius 1 is 1.23 bits per heavy atom. The Hall–Kier alpha value is -2.60. The minimum Gasteiger partial charge on any atom is -0.493 e. The number of methoxy groups -OCH3 is 1. The number of nitrogens with one attached hydrogen (secondary N) is 1. The summed E-state index contributed by atoms with van der Waals surface area (Å²) in [5.74, 6) is 0.772. The first-order valence-electron chi connectivity index (χ1n) is 8.51. The van der Waals surface area contributed by atoms with Crippen molar-refractivity contribution in [2.24, 2.45) is 0 Å². The van der Waals surface area contributed by atoms with Gasteiger partial charge in [0.25, 0.3) is 0 Å². The first kappa shape index (κ1) is 19.7. The van der Waals surface area contributed by atoms with Crippen LogP contribution >= 0.6 is 0 Å². The number of amides is 1. The normalized spacial score (nSPS) is 11.9. The van der Waals surface area contributed by atoms with Gasteiger partial charge in [-0.05, 0) is 56.8 Å². The average Bonchev–Trinajstić information content (AvgIpc) is 2.62. The number of carbonyl (C=O) groups excluding carboxylic acids is 1. The van der Waals surface area contributed by atoms with Crippen molar-refractivity contribution < 1.29 is 18.7 Å². The number of hydrogen-bond acceptors (Lipinski definition) is 4. The molecule has 2 aromatic carbocycles. The monoisotopic (exact) mass is 360 g/mol. The van der Waals surface area contributed by atoms with Crippen LogP contribution in [0.1, 0.15) is 19.4 Å². The van der Waals surface area contributed by atoms with Crippen molar-refractivity contribution in [2.75, 3.05) is 26.1 Å². The van der Waals surface area contributed by atoms with E-state index in [0.717, 1.165) is 5.56 Å². The first-order chi connectivity index (χ1) is 12.4. The van der Waals surface area contributed by atoms with Crippen molar-refractivity contribution in [1.82, 2.24) is 4.90 Å². The third-order valence-corrected chi connectivity index (χ3v) is 4.09. The number of rotatable bonds is 8. The molecule has 26 heavy (non-hydrogen) atoms. The standard InChI is InChI=1S/C20H25FN2O3/c1-5-26-18-10-9-15(11-19(18)25-4)13-23(3)14(2)20(24)22-17-8-6-7-16(21)12-17/h6-12,14H,5,13H2,1-4H3,(H,22,24)/t14-/m1/s1. The van der Waals surface area contributed by atoms with E-state index in [1.807, 2.05) is 37.1 Å². The third kappa shape index (κ3) is 5.20. The summed E-state index contributed by atoms with van der Waals surface area (Å²) in [6.45, 7) is 4.84. The van der Waals surface area contributed by atoms with E-state index >= 15 is 0 Å². The zero-order valence-electron chi connectivity index (χ0n) is 15.6. The van der Waals surface area contributed by atoms with Gasteiger partial charge in [-0.1, -0.05) is 12.1 Å². The van der Waals surface area contributed by atoms with E-state index in [9.17, 15) is 9.18 Å². The van der Waals surface area contributed by atoms with Gasteiger partial charge < -0.3 is 14.8 Å². The van der Waals surface area contributed by atoms with Crippen LogP contribution in [0.4, 0.5) is 10.1 Å². The summed E-state index contributed by atoms with van der Waals surface area (Å²) in [4.78, 5) is 14.3. The molecule has 0 saturated carbocycles. The highest BCUT2D eigenvalue weighted by Gasteiger charge is 2.19. The van der Waals surface area contributed by atoms with Gasteiger partial charge in [0.15, 0.2) is 11.5 Å². The summed E-state index contributed by atoms with van der Waals surface area (Å²) in [6, 6.07) is 11.2. The molecule has 0 fully saturated rings. The van der Waals surface area contributed by atoms with Crippen LogP contribution in [-0.4, -0.2) is 37.6 Å². The van der Waals surface area contributed by atoms with E-state index in [0.29, 0.717) is 30.3 Å². The van der Waals surface area contributed by atoms with Crippen LogP contribution in [0.15, 0.2) is 42.5 Å². The zero-order valence-corrected chi connectivity index (χ0v) is 15.6. The zero-order chi connectivity index (χ0) is 19.1. The van der Waals surface area contributed by atoms with Crippen molar-refractivity contribution in [1.29, 1.82) is 0 Å². The molecule has 1 amide bonds. The summed E-state index contributed by atoms with van der Waals surface area (Å²) in [5.41, 5.74) is 1.44. The molecule has 6 heteroatoms. The van der Waals surface area contributed by atoms with Crippen molar-refractivity contribution in [3.63, 3.8) is 0 Å². The third-order valence-electron chi connectivity index (χ3n) is 4.09. The minimum absolute atomic E-state index is 0.198. The fourth-order valence-corrected chi connectivity index (χ4v) is 2.52. The molecule has 0 spiro atoms. The number of benzene rings is 2. The maximum atomic E-state index is 13.2. The predicted molar refractivity (Wildman–Crippen MR) is 100 cm³/mol. The molecular formula is C20H25FN2O3. The fourth-order valence-electron chi connectivity index (χ4n) is 2.52. The molecule has 0 aliphatic rings. The van der Waals surface area contributed by atoms with Crippen LogP contribution in [0.2, 0.25) is 0 Å². The molecule has 0 aromatic heterocycles. The Morgan fingerprint density at radius 2 is 2.00 bits per heavy atom. The van der Waals surface area contributed by atoms with Crippen LogP contribution < -0.4 is 14.8 Å². The second kappa shape index (κ2) is 9.20. The maximum absolute atomic E-state index is 13.2. The molecular weight excluding hydrogens is 335 g/mol. The highest BCUT2D eigenvalue weighted by Crippen LogP contribution is 2.28. The van der Waals surface area contributed by atoms with Gasteiger partial charge in [-0.3, -0.25) is 9.69 Å². The van der Waals surface area contributed by atoms with E-state index in [1.54, 1.807) is 26.2 Å². The maximum Gasteiger partial charge on any atom is 0.241 e. The van der Waals surface area contributed by atoms with Gasteiger partial charge in [-0.2, -0.15) is 0 Å². The van der Waals surface area contributed by atoms with Gasteiger partial charge >= 0.3 is 0 Å². The van der Waals surface area contributed by atoms with Crippen molar-refractivity contribution in [2.45, 2.75) is 26.4 Å². The van der Waals surface area contributed by atoms with Crippen molar-refractivity contribution >= 4 is 11.6 Å². The number of ether oxygens (including phenoxy) is 2. The summed E-state index contributed by atoms with van der Waals surface area (Å²) in [7, 11) is 3.46. The number of hydrogen-bond donors (Lipinski definition) is 1.